The molecule has 1 fully saturated rings. The first-order valence-electron chi connectivity index (χ1n) is 6.17. The van der Waals surface area contributed by atoms with E-state index in [1.54, 1.807) is 6.92 Å². The summed E-state index contributed by atoms with van der Waals surface area (Å²) in [4.78, 5) is 13.3. The molecule has 0 aromatic carbocycles. The fourth-order valence-corrected chi connectivity index (χ4v) is 2.49. The van der Waals surface area contributed by atoms with Crippen molar-refractivity contribution in [3.8, 4) is 0 Å². The van der Waals surface area contributed by atoms with Gasteiger partial charge in [-0.3, -0.25) is 4.79 Å². The van der Waals surface area contributed by atoms with E-state index < -0.39 is 0 Å². The lowest BCUT2D eigenvalue weighted by atomic mass is 9.75. The van der Waals surface area contributed by atoms with E-state index in [0.29, 0.717) is 5.41 Å². The number of rotatable bonds is 0. The third-order valence-corrected chi connectivity index (χ3v) is 3.63. The van der Waals surface area contributed by atoms with E-state index in [9.17, 15) is 4.79 Å². The normalized spacial score (nSPS) is 20.9. The van der Waals surface area contributed by atoms with Gasteiger partial charge in [0, 0.05) is 20.0 Å². The molecule has 1 heterocycles. The Bertz CT molecular complexity index is 207. The van der Waals surface area contributed by atoms with Crippen molar-refractivity contribution in [2.45, 2.75) is 53.4 Å². The van der Waals surface area contributed by atoms with E-state index in [4.69, 9.17) is 0 Å². The molecule has 1 rings (SSSR count). The highest BCUT2D eigenvalue weighted by molar-refractivity contribution is 5.73. The van der Waals surface area contributed by atoms with E-state index >= 15 is 0 Å². The van der Waals surface area contributed by atoms with Gasteiger partial charge >= 0.3 is 0 Å². The van der Waals surface area contributed by atoms with Gasteiger partial charge in [-0.15, -0.1) is 0 Å². The number of carbonyl (C=O) groups excluding carboxylic acids is 1. The summed E-state index contributed by atoms with van der Waals surface area (Å²) in [6.45, 7) is 10.6. The van der Waals surface area contributed by atoms with Crippen molar-refractivity contribution in [3.05, 3.63) is 0 Å². The molecule has 2 nitrogen and oxygen atoms in total. The molecule has 0 saturated carbocycles. The first-order chi connectivity index (χ1) is 6.91. The van der Waals surface area contributed by atoms with Crippen LogP contribution < -0.4 is 0 Å². The van der Waals surface area contributed by atoms with Crippen molar-refractivity contribution in [2.24, 2.45) is 11.3 Å². The summed E-state index contributed by atoms with van der Waals surface area (Å²) in [6.07, 6.45) is 4.88. The van der Waals surface area contributed by atoms with Gasteiger partial charge in [0.05, 0.1) is 0 Å². The van der Waals surface area contributed by atoms with Crippen molar-refractivity contribution >= 4 is 5.91 Å². The standard InChI is InChI=1S/C13H25NO/c1-11(15)14-9-5-7-12(8-6-10-14)13(2,3)4/h12H,5-10H2,1-4H3. The van der Waals surface area contributed by atoms with Gasteiger partial charge in [-0.1, -0.05) is 20.8 Å². The summed E-state index contributed by atoms with van der Waals surface area (Å²) < 4.78 is 0. The van der Waals surface area contributed by atoms with Gasteiger partial charge in [0.2, 0.25) is 5.91 Å². The number of likely N-dealkylation sites (tertiary alicyclic amines) is 1. The molecule has 1 aliphatic heterocycles. The lowest BCUT2D eigenvalue weighted by Gasteiger charge is -2.34. The van der Waals surface area contributed by atoms with Crippen molar-refractivity contribution < 1.29 is 4.79 Å². The lowest BCUT2D eigenvalue weighted by molar-refractivity contribution is -0.129. The number of hydrogen-bond donors (Lipinski definition) is 0. The maximum absolute atomic E-state index is 11.3. The second kappa shape index (κ2) is 5.00. The molecule has 0 atom stereocenters. The van der Waals surface area contributed by atoms with Crippen molar-refractivity contribution in [1.82, 2.24) is 4.90 Å². The number of hydrogen-bond acceptors (Lipinski definition) is 1. The Hall–Kier alpha value is -0.530. The molecule has 0 spiro atoms. The summed E-state index contributed by atoms with van der Waals surface area (Å²) >= 11 is 0. The van der Waals surface area contributed by atoms with Gasteiger partial charge in [0.1, 0.15) is 0 Å². The molecule has 15 heavy (non-hydrogen) atoms. The second-order valence-electron chi connectivity index (χ2n) is 5.85. The van der Waals surface area contributed by atoms with Crippen LogP contribution in [0.25, 0.3) is 0 Å². The number of amides is 1. The van der Waals surface area contributed by atoms with Crippen LogP contribution in [-0.4, -0.2) is 23.9 Å². The molecular weight excluding hydrogens is 186 g/mol. The van der Waals surface area contributed by atoms with Crippen LogP contribution in [-0.2, 0) is 4.79 Å². The molecule has 1 aliphatic rings. The third kappa shape index (κ3) is 3.84. The summed E-state index contributed by atoms with van der Waals surface area (Å²) in [5, 5.41) is 0. The van der Waals surface area contributed by atoms with E-state index in [1.165, 1.54) is 25.7 Å². The van der Waals surface area contributed by atoms with Gasteiger partial charge in [0.15, 0.2) is 0 Å². The van der Waals surface area contributed by atoms with Gasteiger partial charge in [-0.05, 0) is 37.0 Å². The largest absolute Gasteiger partial charge is 0.343 e. The Morgan fingerprint density at radius 3 is 1.93 bits per heavy atom. The first kappa shape index (κ1) is 12.5. The number of carbonyl (C=O) groups is 1. The van der Waals surface area contributed by atoms with Crippen LogP contribution in [0.1, 0.15) is 53.4 Å². The minimum absolute atomic E-state index is 0.240. The van der Waals surface area contributed by atoms with Crippen LogP contribution in [0.3, 0.4) is 0 Å². The summed E-state index contributed by atoms with van der Waals surface area (Å²) in [5.41, 5.74) is 0.429. The predicted molar refractivity (Wildman–Crippen MR) is 63.7 cm³/mol. The van der Waals surface area contributed by atoms with E-state index in [0.717, 1.165) is 19.0 Å². The summed E-state index contributed by atoms with van der Waals surface area (Å²) in [7, 11) is 0. The molecule has 2 heteroatoms. The van der Waals surface area contributed by atoms with Crippen molar-refractivity contribution in [1.29, 1.82) is 0 Å². The first-order valence-corrected chi connectivity index (χ1v) is 6.17. The summed E-state index contributed by atoms with van der Waals surface area (Å²) in [5.74, 6) is 1.07. The molecule has 0 N–H and O–H groups in total. The lowest BCUT2D eigenvalue weighted by Crippen LogP contribution is -2.34. The maximum atomic E-state index is 11.3. The minimum Gasteiger partial charge on any atom is -0.343 e. The molecule has 1 amide bonds. The Morgan fingerprint density at radius 1 is 1.13 bits per heavy atom. The fourth-order valence-electron chi connectivity index (χ4n) is 2.49. The topological polar surface area (TPSA) is 20.3 Å². The molecule has 0 aromatic heterocycles. The molecule has 88 valence electrons. The fraction of sp³-hybridized carbons (Fsp3) is 0.923. The monoisotopic (exact) mass is 211 g/mol. The predicted octanol–water partition coefficient (Wildman–Crippen LogP) is 3.07. The second-order valence-corrected chi connectivity index (χ2v) is 5.85. The van der Waals surface area contributed by atoms with Crippen LogP contribution in [0.4, 0.5) is 0 Å². The van der Waals surface area contributed by atoms with Crippen LogP contribution in [0.2, 0.25) is 0 Å². The molecule has 0 aliphatic carbocycles. The zero-order valence-electron chi connectivity index (χ0n) is 10.7. The SMILES string of the molecule is CC(=O)N1CCCC(C(C)(C)C)CCC1. The van der Waals surface area contributed by atoms with Crippen LogP contribution in [0.5, 0.6) is 0 Å². The number of nitrogens with zero attached hydrogens (tertiary/aromatic N) is 1. The Morgan fingerprint density at radius 2 is 1.60 bits per heavy atom. The van der Waals surface area contributed by atoms with Gasteiger partial charge in [0.25, 0.3) is 0 Å². The zero-order valence-corrected chi connectivity index (χ0v) is 10.7. The van der Waals surface area contributed by atoms with E-state index in [2.05, 4.69) is 20.8 Å². The zero-order chi connectivity index (χ0) is 11.5. The minimum atomic E-state index is 0.240. The third-order valence-electron chi connectivity index (χ3n) is 3.63. The van der Waals surface area contributed by atoms with E-state index in [-0.39, 0.29) is 5.91 Å². The molecule has 0 bridgehead atoms. The molecule has 0 unspecified atom stereocenters. The van der Waals surface area contributed by atoms with Crippen LogP contribution >= 0.6 is 0 Å². The highest BCUT2D eigenvalue weighted by Gasteiger charge is 2.25. The highest BCUT2D eigenvalue weighted by atomic mass is 16.2. The summed E-state index contributed by atoms with van der Waals surface area (Å²) in [6, 6.07) is 0. The smallest absolute Gasteiger partial charge is 0.219 e. The molecule has 1 saturated heterocycles. The van der Waals surface area contributed by atoms with Crippen molar-refractivity contribution in [2.75, 3.05) is 13.1 Å². The van der Waals surface area contributed by atoms with Gasteiger partial charge < -0.3 is 4.90 Å². The van der Waals surface area contributed by atoms with Gasteiger partial charge in [-0.2, -0.15) is 0 Å². The van der Waals surface area contributed by atoms with E-state index in [1.807, 2.05) is 4.90 Å². The Labute approximate surface area is 94.0 Å². The average Bonchev–Trinajstić information content (AvgIpc) is 1.99. The van der Waals surface area contributed by atoms with Gasteiger partial charge in [-0.25, -0.2) is 0 Å². The van der Waals surface area contributed by atoms with Crippen molar-refractivity contribution in [3.63, 3.8) is 0 Å². The maximum Gasteiger partial charge on any atom is 0.219 e. The molecule has 0 radical (unpaired) electrons. The molecule has 0 aromatic rings. The van der Waals surface area contributed by atoms with Crippen LogP contribution in [0.15, 0.2) is 0 Å². The quantitative estimate of drug-likeness (QED) is 0.603. The Balaban J connectivity index is 2.47. The highest BCUT2D eigenvalue weighted by Crippen LogP contribution is 2.34. The molecular formula is C13H25NO. The Kier molecular flexibility index (Phi) is 4.18. The van der Waals surface area contributed by atoms with Crippen LogP contribution in [0, 0.1) is 11.3 Å². The average molecular weight is 211 g/mol.